The Morgan fingerprint density at radius 1 is 0.759 bits per heavy atom. The maximum Gasteiger partial charge on any atom is 0.248 e. The molecule has 2 aliphatic carbocycles. The van der Waals surface area contributed by atoms with Crippen LogP contribution in [-0.4, -0.2) is 23.9 Å². The van der Waals surface area contributed by atoms with Gasteiger partial charge in [-0.2, -0.15) is 0 Å². The molecule has 2 aliphatic rings. The van der Waals surface area contributed by atoms with E-state index < -0.39 is 11.8 Å². The maximum absolute atomic E-state index is 10.6. The maximum atomic E-state index is 10.6. The van der Waals surface area contributed by atoms with Gasteiger partial charge in [0, 0.05) is 23.2 Å². The van der Waals surface area contributed by atoms with Crippen molar-refractivity contribution in [3.8, 4) is 0 Å². The molecule has 29 heavy (non-hydrogen) atoms. The van der Waals surface area contributed by atoms with E-state index in [1.165, 1.54) is 69.2 Å². The summed E-state index contributed by atoms with van der Waals surface area (Å²) in [5.41, 5.74) is 22.9. The lowest BCUT2D eigenvalue weighted by atomic mass is 9.71. The van der Waals surface area contributed by atoms with E-state index in [9.17, 15) is 9.59 Å². The number of benzene rings is 1. The molecule has 6 nitrogen and oxygen atoms in total. The first kappa shape index (κ1) is 23.4. The highest BCUT2D eigenvalue weighted by Crippen LogP contribution is 2.38. The minimum Gasteiger partial charge on any atom is -0.366 e. The monoisotopic (exact) mass is 402 g/mol. The number of nitrogens with two attached hydrogens (primary N) is 4. The fraction of sp³-hybridized carbons (Fsp3) is 0.652. The Hall–Kier alpha value is -1.92. The number of rotatable bonds is 4. The molecule has 0 aliphatic heterocycles. The van der Waals surface area contributed by atoms with E-state index in [-0.39, 0.29) is 0 Å². The second-order valence-corrected chi connectivity index (χ2v) is 9.18. The van der Waals surface area contributed by atoms with E-state index in [0.29, 0.717) is 23.2 Å². The molecule has 2 saturated carbocycles. The molecule has 6 heteroatoms. The van der Waals surface area contributed by atoms with Crippen LogP contribution in [0, 0.1) is 23.7 Å². The number of primary amides is 2. The molecule has 6 atom stereocenters. The molecule has 0 aromatic heterocycles. The standard InChI is InChI=1S/C15H30N2.C8H8N2O2/c1-10-7-12(3-5-14(10)16)9-13-4-6-15(17)11(2)8-13;9-7(11)5-1-2-6(4-3-5)8(10)12/h10-15H,3-9,16-17H2,1-2H3;1-4H,(H2,9,11)(H2,10,12). The van der Waals surface area contributed by atoms with Crippen molar-refractivity contribution in [3.05, 3.63) is 35.4 Å². The van der Waals surface area contributed by atoms with Crippen LogP contribution in [-0.2, 0) is 0 Å². The van der Waals surface area contributed by atoms with Gasteiger partial charge in [-0.15, -0.1) is 0 Å². The SMILES string of the molecule is CC1CC(CC2CCC(N)C(C)C2)CCC1N.NC(=O)c1ccc(C(N)=O)cc1. The number of hydrogen-bond donors (Lipinski definition) is 4. The summed E-state index contributed by atoms with van der Waals surface area (Å²) < 4.78 is 0. The molecule has 162 valence electrons. The van der Waals surface area contributed by atoms with Crippen LogP contribution in [0.1, 0.15) is 79.5 Å². The molecule has 1 aromatic carbocycles. The van der Waals surface area contributed by atoms with Crippen LogP contribution < -0.4 is 22.9 Å². The molecule has 6 unspecified atom stereocenters. The van der Waals surface area contributed by atoms with Gasteiger partial charge in [0.2, 0.25) is 11.8 Å². The lowest BCUT2D eigenvalue weighted by Crippen LogP contribution is -2.37. The second kappa shape index (κ2) is 10.7. The highest BCUT2D eigenvalue weighted by atomic mass is 16.1. The van der Waals surface area contributed by atoms with Crippen LogP contribution in [0.25, 0.3) is 0 Å². The highest BCUT2D eigenvalue weighted by Gasteiger charge is 2.30. The molecule has 0 heterocycles. The molecule has 2 fully saturated rings. The fourth-order valence-corrected chi connectivity index (χ4v) is 4.76. The van der Waals surface area contributed by atoms with E-state index in [4.69, 9.17) is 22.9 Å². The number of carbonyl (C=O) groups excluding carboxylic acids is 2. The van der Waals surface area contributed by atoms with Crippen molar-refractivity contribution in [2.45, 2.75) is 70.9 Å². The van der Waals surface area contributed by atoms with Gasteiger partial charge in [0.05, 0.1) is 0 Å². The van der Waals surface area contributed by atoms with Crippen molar-refractivity contribution < 1.29 is 9.59 Å². The Kier molecular flexibility index (Phi) is 8.65. The predicted molar refractivity (Wildman–Crippen MR) is 117 cm³/mol. The quantitative estimate of drug-likeness (QED) is 0.615. The molecule has 0 saturated heterocycles. The van der Waals surface area contributed by atoms with Gasteiger partial charge < -0.3 is 22.9 Å². The first-order chi connectivity index (χ1) is 13.7. The first-order valence-electron chi connectivity index (χ1n) is 10.9. The van der Waals surface area contributed by atoms with E-state index in [1.807, 2.05) is 0 Å². The minimum atomic E-state index is -0.522. The van der Waals surface area contributed by atoms with E-state index in [1.54, 1.807) is 0 Å². The molecule has 1 aromatic rings. The molecule has 3 rings (SSSR count). The summed E-state index contributed by atoms with van der Waals surface area (Å²) in [6.07, 6.45) is 9.37. The van der Waals surface area contributed by atoms with Crippen LogP contribution >= 0.6 is 0 Å². The van der Waals surface area contributed by atoms with Crippen molar-refractivity contribution in [1.82, 2.24) is 0 Å². The Morgan fingerprint density at radius 3 is 1.38 bits per heavy atom. The largest absolute Gasteiger partial charge is 0.366 e. The predicted octanol–water partition coefficient (Wildman–Crippen LogP) is 2.79. The van der Waals surface area contributed by atoms with E-state index >= 15 is 0 Å². The third-order valence-electron chi connectivity index (χ3n) is 6.81. The zero-order valence-corrected chi connectivity index (χ0v) is 17.8. The van der Waals surface area contributed by atoms with Gasteiger partial charge in [-0.25, -0.2) is 0 Å². The molecule has 0 radical (unpaired) electrons. The smallest absolute Gasteiger partial charge is 0.248 e. The molecule has 0 bridgehead atoms. The summed E-state index contributed by atoms with van der Waals surface area (Å²) in [4.78, 5) is 21.2. The minimum absolute atomic E-state index is 0.361. The third-order valence-corrected chi connectivity index (χ3v) is 6.81. The van der Waals surface area contributed by atoms with Gasteiger partial charge in [-0.1, -0.05) is 13.8 Å². The summed E-state index contributed by atoms with van der Waals surface area (Å²) in [5, 5.41) is 0. The van der Waals surface area contributed by atoms with Crippen LogP contribution in [0.5, 0.6) is 0 Å². The van der Waals surface area contributed by atoms with Gasteiger partial charge in [0.15, 0.2) is 0 Å². The molecule has 8 N–H and O–H groups in total. The fourth-order valence-electron chi connectivity index (χ4n) is 4.76. The molecule has 0 spiro atoms. The Balaban J connectivity index is 0.000000221. The summed E-state index contributed by atoms with van der Waals surface area (Å²) >= 11 is 0. The van der Waals surface area contributed by atoms with Gasteiger partial charge in [0.25, 0.3) is 0 Å². The first-order valence-corrected chi connectivity index (χ1v) is 10.9. The van der Waals surface area contributed by atoms with Crippen molar-refractivity contribution in [2.24, 2.45) is 46.6 Å². The number of amides is 2. The normalized spacial score (nSPS) is 32.0. The van der Waals surface area contributed by atoms with E-state index in [2.05, 4.69) is 13.8 Å². The summed E-state index contributed by atoms with van der Waals surface area (Å²) in [7, 11) is 0. The Labute approximate surface area is 174 Å². The Morgan fingerprint density at radius 2 is 1.10 bits per heavy atom. The third kappa shape index (κ3) is 7.12. The van der Waals surface area contributed by atoms with E-state index in [0.717, 1.165) is 23.7 Å². The summed E-state index contributed by atoms with van der Waals surface area (Å²) in [5.74, 6) is 2.30. The lowest BCUT2D eigenvalue weighted by Gasteiger charge is -2.37. The van der Waals surface area contributed by atoms with Crippen molar-refractivity contribution in [3.63, 3.8) is 0 Å². The number of hydrogen-bond acceptors (Lipinski definition) is 4. The average molecular weight is 403 g/mol. The number of carbonyl (C=O) groups is 2. The summed E-state index contributed by atoms with van der Waals surface area (Å²) in [6, 6.07) is 6.77. The highest BCUT2D eigenvalue weighted by molar-refractivity contribution is 5.96. The topological polar surface area (TPSA) is 138 Å². The van der Waals surface area contributed by atoms with Gasteiger partial charge in [0.1, 0.15) is 0 Å². The second-order valence-electron chi connectivity index (χ2n) is 9.18. The van der Waals surface area contributed by atoms with Gasteiger partial charge in [-0.05, 0) is 92.9 Å². The van der Waals surface area contributed by atoms with Crippen molar-refractivity contribution >= 4 is 11.8 Å². The van der Waals surface area contributed by atoms with Crippen molar-refractivity contribution in [1.29, 1.82) is 0 Å². The van der Waals surface area contributed by atoms with Crippen LogP contribution in [0.4, 0.5) is 0 Å². The van der Waals surface area contributed by atoms with Crippen molar-refractivity contribution in [2.75, 3.05) is 0 Å². The molecule has 2 amide bonds. The zero-order valence-electron chi connectivity index (χ0n) is 17.8. The molecular formula is C23H38N4O2. The summed E-state index contributed by atoms with van der Waals surface area (Å²) in [6.45, 7) is 4.66. The average Bonchev–Trinajstić information content (AvgIpc) is 2.68. The van der Waals surface area contributed by atoms with Gasteiger partial charge in [-0.3, -0.25) is 9.59 Å². The lowest BCUT2D eigenvalue weighted by molar-refractivity contribution is 0.0988. The van der Waals surface area contributed by atoms with Crippen LogP contribution in [0.2, 0.25) is 0 Å². The Bertz CT molecular complexity index is 619. The van der Waals surface area contributed by atoms with Crippen LogP contribution in [0.15, 0.2) is 24.3 Å². The molecular weight excluding hydrogens is 364 g/mol. The van der Waals surface area contributed by atoms with Crippen LogP contribution in [0.3, 0.4) is 0 Å². The zero-order chi connectivity index (χ0) is 21.6. The van der Waals surface area contributed by atoms with Gasteiger partial charge >= 0.3 is 0 Å².